The second-order valence-electron chi connectivity index (χ2n) is 5.45. The summed E-state index contributed by atoms with van der Waals surface area (Å²) in [4.78, 5) is 37.7. The van der Waals surface area contributed by atoms with Crippen LogP contribution in [0, 0.1) is 0 Å². The highest BCUT2D eigenvalue weighted by atomic mass is 16.6. The molecule has 2 atom stereocenters. The van der Waals surface area contributed by atoms with E-state index in [1.54, 1.807) is 0 Å². The summed E-state index contributed by atoms with van der Waals surface area (Å²) in [5, 5.41) is 2.69. The molecule has 0 aromatic heterocycles. The quantitative estimate of drug-likeness (QED) is 0.496. The van der Waals surface area contributed by atoms with Crippen molar-refractivity contribution in [2.45, 2.75) is 38.4 Å². The van der Waals surface area contributed by atoms with E-state index in [0.29, 0.717) is 32.4 Å². The molecule has 0 saturated carbocycles. The van der Waals surface area contributed by atoms with Crippen molar-refractivity contribution < 1.29 is 23.9 Å². The third-order valence-electron chi connectivity index (χ3n) is 3.54. The summed E-state index contributed by atoms with van der Waals surface area (Å²) in [5.41, 5.74) is 0. The molecule has 22 heavy (non-hydrogen) atoms. The van der Waals surface area contributed by atoms with Crippen molar-refractivity contribution in [2.24, 2.45) is 0 Å². The Morgan fingerprint density at radius 1 is 1.18 bits per heavy atom. The largest absolute Gasteiger partial charge is 0.373 e. The lowest BCUT2D eigenvalue weighted by molar-refractivity contribution is -0.116. The van der Waals surface area contributed by atoms with Gasteiger partial charge in [-0.25, -0.2) is 14.5 Å². The van der Waals surface area contributed by atoms with Gasteiger partial charge < -0.3 is 14.8 Å². The van der Waals surface area contributed by atoms with Crippen LogP contribution in [0.15, 0.2) is 0 Å². The molecule has 0 aliphatic carbocycles. The Bertz CT molecular complexity index is 409. The van der Waals surface area contributed by atoms with Crippen LogP contribution < -0.4 is 5.32 Å². The zero-order chi connectivity index (χ0) is 15.9. The number of nitrogens with one attached hydrogen (secondary N) is 1. The van der Waals surface area contributed by atoms with Gasteiger partial charge in [-0.3, -0.25) is 9.69 Å². The molecule has 124 valence electrons. The van der Waals surface area contributed by atoms with Crippen LogP contribution in [0.4, 0.5) is 9.59 Å². The first kappa shape index (κ1) is 16.7. The first-order valence-corrected chi connectivity index (χ1v) is 7.70. The van der Waals surface area contributed by atoms with Gasteiger partial charge in [0.1, 0.15) is 0 Å². The fourth-order valence-corrected chi connectivity index (χ4v) is 2.04. The lowest BCUT2D eigenvalue weighted by Crippen LogP contribution is -2.50. The van der Waals surface area contributed by atoms with Crippen LogP contribution in [-0.4, -0.2) is 73.3 Å². The minimum atomic E-state index is -0.585. The molecule has 0 spiro atoms. The number of nitrogens with zero attached hydrogens (tertiary/aromatic N) is 2. The predicted octanol–water partition coefficient (Wildman–Crippen LogP) is 0.564. The Morgan fingerprint density at radius 3 is 2.36 bits per heavy atom. The molecule has 0 aromatic carbocycles. The Morgan fingerprint density at radius 2 is 1.82 bits per heavy atom. The average Bonchev–Trinajstić information content (AvgIpc) is 3.38. The minimum absolute atomic E-state index is 0.127. The summed E-state index contributed by atoms with van der Waals surface area (Å²) >= 11 is 0. The summed E-state index contributed by atoms with van der Waals surface area (Å²) in [6.07, 6.45) is 2.78. The van der Waals surface area contributed by atoms with Crippen LogP contribution >= 0.6 is 0 Å². The molecule has 2 saturated heterocycles. The molecule has 1 N–H and O–H groups in total. The zero-order valence-electron chi connectivity index (χ0n) is 12.8. The summed E-state index contributed by atoms with van der Waals surface area (Å²) < 4.78 is 10.1. The highest BCUT2D eigenvalue weighted by Gasteiger charge is 2.29. The summed E-state index contributed by atoms with van der Waals surface area (Å²) in [6.45, 7) is 4.26. The number of hydrogen-bond acceptors (Lipinski definition) is 5. The Balaban J connectivity index is 1.82. The highest BCUT2D eigenvalue weighted by Crippen LogP contribution is 2.14. The fraction of sp³-hybridized carbons (Fsp3) is 0.786. The van der Waals surface area contributed by atoms with E-state index in [4.69, 9.17) is 9.47 Å². The molecule has 0 aromatic rings. The van der Waals surface area contributed by atoms with E-state index in [-0.39, 0.29) is 25.3 Å². The van der Waals surface area contributed by atoms with E-state index in [1.165, 1.54) is 0 Å². The molecular weight excluding hydrogens is 290 g/mol. The molecule has 2 unspecified atom stereocenters. The van der Waals surface area contributed by atoms with Crippen molar-refractivity contribution >= 4 is 18.5 Å². The fourth-order valence-electron chi connectivity index (χ4n) is 2.04. The second kappa shape index (κ2) is 8.09. The van der Waals surface area contributed by atoms with Gasteiger partial charge in [-0.1, -0.05) is 6.92 Å². The predicted molar refractivity (Wildman–Crippen MR) is 77.3 cm³/mol. The third-order valence-corrected chi connectivity index (χ3v) is 3.54. The molecule has 2 rings (SSSR count). The van der Waals surface area contributed by atoms with Gasteiger partial charge >= 0.3 is 12.1 Å². The molecular formula is C14H23N3O5. The van der Waals surface area contributed by atoms with E-state index in [2.05, 4.69) is 5.32 Å². The summed E-state index contributed by atoms with van der Waals surface area (Å²) in [5.74, 6) is 0. The molecule has 0 radical (unpaired) electrons. The smallest absolute Gasteiger partial charge is 0.334 e. The van der Waals surface area contributed by atoms with Crippen LogP contribution in [0.25, 0.3) is 0 Å². The normalized spacial score (nSPS) is 21.9. The van der Waals surface area contributed by atoms with Crippen LogP contribution in [0.3, 0.4) is 0 Å². The number of carbonyl (C=O) groups excluding carboxylic acids is 3. The number of epoxide rings is 2. The third kappa shape index (κ3) is 5.27. The Labute approximate surface area is 129 Å². The molecule has 2 fully saturated rings. The first-order chi connectivity index (χ1) is 10.7. The number of ether oxygens (including phenoxy) is 2. The average molecular weight is 313 g/mol. The van der Waals surface area contributed by atoms with Gasteiger partial charge in [0.2, 0.25) is 6.41 Å². The van der Waals surface area contributed by atoms with Crippen molar-refractivity contribution in [3.8, 4) is 0 Å². The lowest BCUT2D eigenvalue weighted by Gasteiger charge is -2.25. The number of rotatable bonds is 9. The molecule has 2 aliphatic rings. The van der Waals surface area contributed by atoms with Gasteiger partial charge in [0.05, 0.1) is 25.4 Å². The zero-order valence-corrected chi connectivity index (χ0v) is 12.8. The van der Waals surface area contributed by atoms with Crippen molar-refractivity contribution in [1.82, 2.24) is 15.1 Å². The monoisotopic (exact) mass is 313 g/mol. The Kier molecular flexibility index (Phi) is 6.14. The van der Waals surface area contributed by atoms with Gasteiger partial charge in [-0.15, -0.1) is 0 Å². The Hall–Kier alpha value is -1.67. The van der Waals surface area contributed by atoms with E-state index in [1.807, 2.05) is 6.92 Å². The van der Waals surface area contributed by atoms with E-state index in [0.717, 1.165) is 22.8 Å². The minimum Gasteiger partial charge on any atom is -0.373 e. The van der Waals surface area contributed by atoms with Crippen molar-refractivity contribution in [2.75, 3.05) is 32.8 Å². The van der Waals surface area contributed by atoms with Gasteiger partial charge in [0, 0.05) is 19.6 Å². The maximum absolute atomic E-state index is 12.3. The number of urea groups is 2. The van der Waals surface area contributed by atoms with Crippen LogP contribution in [0.5, 0.6) is 0 Å². The maximum atomic E-state index is 12.3. The standard InChI is InChI=1S/C14H23N3O5/c1-2-6-17(13(19)15-5-3-11-8-21-11)14(20)16(10-18)7-4-12-9-22-12/h10-12H,2-9H2,1H3,(H,15,19). The highest BCUT2D eigenvalue weighted by molar-refractivity contribution is 5.97. The SMILES string of the molecule is CCCN(C(=O)NCCC1CO1)C(=O)N(C=O)CCC1CO1. The second-order valence-corrected chi connectivity index (χ2v) is 5.45. The molecule has 2 heterocycles. The van der Waals surface area contributed by atoms with Crippen molar-refractivity contribution in [3.05, 3.63) is 0 Å². The summed E-state index contributed by atoms with van der Waals surface area (Å²) in [7, 11) is 0. The van der Waals surface area contributed by atoms with Crippen LogP contribution in [-0.2, 0) is 14.3 Å². The van der Waals surface area contributed by atoms with Gasteiger partial charge in [0.15, 0.2) is 0 Å². The number of imide groups is 2. The first-order valence-electron chi connectivity index (χ1n) is 7.70. The number of hydrogen-bond donors (Lipinski definition) is 1. The van der Waals surface area contributed by atoms with E-state index >= 15 is 0 Å². The van der Waals surface area contributed by atoms with Crippen molar-refractivity contribution in [3.63, 3.8) is 0 Å². The van der Waals surface area contributed by atoms with Crippen LogP contribution in [0.1, 0.15) is 26.2 Å². The van der Waals surface area contributed by atoms with Gasteiger partial charge in [-0.2, -0.15) is 0 Å². The van der Waals surface area contributed by atoms with E-state index in [9.17, 15) is 14.4 Å². The van der Waals surface area contributed by atoms with Crippen molar-refractivity contribution in [1.29, 1.82) is 0 Å². The summed E-state index contributed by atoms with van der Waals surface area (Å²) in [6, 6.07) is -1.06. The van der Waals surface area contributed by atoms with Crippen LogP contribution in [0.2, 0.25) is 0 Å². The lowest BCUT2D eigenvalue weighted by atomic mass is 10.3. The van der Waals surface area contributed by atoms with Gasteiger partial charge in [-0.05, 0) is 19.3 Å². The number of carbonyl (C=O) groups is 3. The molecule has 2 aliphatic heterocycles. The maximum Gasteiger partial charge on any atom is 0.334 e. The number of amides is 5. The molecule has 0 bridgehead atoms. The van der Waals surface area contributed by atoms with Gasteiger partial charge in [0.25, 0.3) is 0 Å². The molecule has 8 nitrogen and oxygen atoms in total. The topological polar surface area (TPSA) is 94.8 Å². The van der Waals surface area contributed by atoms with E-state index < -0.39 is 12.1 Å². The molecule has 5 amide bonds. The molecule has 8 heteroatoms.